The third-order valence-electron chi connectivity index (χ3n) is 3.14. The van der Waals surface area contributed by atoms with Crippen molar-refractivity contribution in [3.05, 3.63) is 15.9 Å². The molecule has 0 saturated carbocycles. The van der Waals surface area contributed by atoms with E-state index in [4.69, 9.17) is 5.84 Å². The number of thioether (sulfide) groups is 1. The smallest absolute Gasteiger partial charge is 0.0766 e. The molecule has 3 N–H and O–H groups in total. The summed E-state index contributed by atoms with van der Waals surface area (Å²) >= 11 is 5.65. The molecule has 0 aliphatic rings. The summed E-state index contributed by atoms with van der Waals surface area (Å²) in [7, 11) is 0. The molecule has 116 valence electrons. The zero-order chi connectivity index (χ0) is 15.1. The predicted octanol–water partition coefficient (Wildman–Crippen LogP) is 2.99. The quantitative estimate of drug-likeness (QED) is 0.523. The molecule has 1 heterocycles. The number of aryl methyl sites for hydroxylation is 2. The summed E-state index contributed by atoms with van der Waals surface area (Å²) in [5, 5.41) is 4.64. The van der Waals surface area contributed by atoms with E-state index in [2.05, 4.69) is 58.8 Å². The van der Waals surface area contributed by atoms with Crippen molar-refractivity contribution in [2.24, 2.45) is 11.8 Å². The molecule has 1 unspecified atom stereocenters. The van der Waals surface area contributed by atoms with Crippen LogP contribution in [0, 0.1) is 5.92 Å². The van der Waals surface area contributed by atoms with Gasteiger partial charge in [0.25, 0.3) is 0 Å². The largest absolute Gasteiger partial charge is 0.271 e. The van der Waals surface area contributed by atoms with Crippen LogP contribution in [-0.2, 0) is 19.4 Å². The molecular weight excluding hydrogens is 336 g/mol. The van der Waals surface area contributed by atoms with Gasteiger partial charge in [0.05, 0.1) is 15.9 Å². The summed E-state index contributed by atoms with van der Waals surface area (Å²) in [4.78, 5) is 0. The lowest BCUT2D eigenvalue weighted by Crippen LogP contribution is -2.39. The van der Waals surface area contributed by atoms with Crippen molar-refractivity contribution in [1.82, 2.24) is 15.2 Å². The van der Waals surface area contributed by atoms with Gasteiger partial charge >= 0.3 is 0 Å². The Bertz CT molecular complexity index is 406. The number of hydrazine groups is 1. The maximum absolute atomic E-state index is 5.71. The first-order chi connectivity index (χ1) is 9.53. The highest BCUT2D eigenvalue weighted by Gasteiger charge is 2.18. The molecule has 0 amide bonds. The molecule has 1 aromatic heterocycles. The summed E-state index contributed by atoms with van der Waals surface area (Å²) in [6.45, 7) is 9.64. The second-order valence-electron chi connectivity index (χ2n) is 5.38. The summed E-state index contributed by atoms with van der Waals surface area (Å²) < 4.78 is 3.23. The SMILES string of the molecule is CCc1nn(CC)c(CC(CSCC(C)C)NN)c1Br. The van der Waals surface area contributed by atoms with Crippen molar-refractivity contribution in [3.63, 3.8) is 0 Å². The van der Waals surface area contributed by atoms with Crippen molar-refractivity contribution >= 4 is 27.7 Å². The number of nitrogens with two attached hydrogens (primary N) is 1. The maximum Gasteiger partial charge on any atom is 0.0766 e. The highest BCUT2D eigenvalue weighted by atomic mass is 79.9. The van der Waals surface area contributed by atoms with Gasteiger partial charge in [-0.1, -0.05) is 20.8 Å². The molecule has 6 heteroatoms. The first-order valence-corrected chi connectivity index (χ1v) is 9.26. The zero-order valence-electron chi connectivity index (χ0n) is 12.9. The number of hydrogen-bond donors (Lipinski definition) is 2. The van der Waals surface area contributed by atoms with Gasteiger partial charge in [0.2, 0.25) is 0 Å². The van der Waals surface area contributed by atoms with E-state index in [9.17, 15) is 0 Å². The van der Waals surface area contributed by atoms with E-state index in [1.54, 1.807) is 0 Å². The Kier molecular flexibility index (Phi) is 8.17. The Labute approximate surface area is 135 Å². The lowest BCUT2D eigenvalue weighted by Gasteiger charge is -2.17. The van der Waals surface area contributed by atoms with Gasteiger partial charge in [0, 0.05) is 24.8 Å². The fourth-order valence-electron chi connectivity index (χ4n) is 2.06. The van der Waals surface area contributed by atoms with E-state index < -0.39 is 0 Å². The molecule has 0 saturated heterocycles. The monoisotopic (exact) mass is 362 g/mol. The topological polar surface area (TPSA) is 55.9 Å². The molecule has 4 nitrogen and oxygen atoms in total. The van der Waals surface area contributed by atoms with Crippen LogP contribution in [0.15, 0.2) is 4.47 Å². The molecule has 0 aliphatic heterocycles. The summed E-state index contributed by atoms with van der Waals surface area (Å²) in [5.74, 6) is 8.63. The Morgan fingerprint density at radius 1 is 1.35 bits per heavy atom. The van der Waals surface area contributed by atoms with Crippen LogP contribution in [0.4, 0.5) is 0 Å². The molecule has 0 aromatic carbocycles. The van der Waals surface area contributed by atoms with Gasteiger partial charge in [-0.3, -0.25) is 16.0 Å². The number of halogens is 1. The fraction of sp³-hybridized carbons (Fsp3) is 0.786. The van der Waals surface area contributed by atoms with Gasteiger partial charge in [0.15, 0.2) is 0 Å². The van der Waals surface area contributed by atoms with Gasteiger partial charge in [-0.25, -0.2) is 0 Å². The second-order valence-corrected chi connectivity index (χ2v) is 7.24. The Hall–Kier alpha value is -0.0400. The van der Waals surface area contributed by atoms with Crippen LogP contribution < -0.4 is 11.3 Å². The lowest BCUT2D eigenvalue weighted by atomic mass is 10.1. The van der Waals surface area contributed by atoms with Gasteiger partial charge < -0.3 is 0 Å². The fourth-order valence-corrected chi connectivity index (χ4v) is 3.89. The molecule has 0 aliphatic carbocycles. The van der Waals surface area contributed by atoms with E-state index in [-0.39, 0.29) is 6.04 Å². The van der Waals surface area contributed by atoms with Crippen LogP contribution in [-0.4, -0.2) is 27.3 Å². The first kappa shape index (κ1) is 18.0. The Morgan fingerprint density at radius 3 is 2.55 bits per heavy atom. The zero-order valence-corrected chi connectivity index (χ0v) is 15.4. The van der Waals surface area contributed by atoms with E-state index in [0.717, 1.165) is 41.2 Å². The molecule has 1 atom stereocenters. The van der Waals surface area contributed by atoms with Crippen LogP contribution in [0.25, 0.3) is 0 Å². The number of nitrogens with zero attached hydrogens (tertiary/aromatic N) is 2. The standard InChI is InChI=1S/C14H27BrN4S/c1-5-12-14(15)13(19(6-2)18-12)7-11(17-16)9-20-8-10(3)4/h10-11,17H,5-9,16H2,1-4H3. The molecule has 1 aromatic rings. The highest BCUT2D eigenvalue weighted by molar-refractivity contribution is 9.10. The van der Waals surface area contributed by atoms with Gasteiger partial charge in [0.1, 0.15) is 0 Å². The lowest BCUT2D eigenvalue weighted by molar-refractivity contribution is 0.532. The normalized spacial score (nSPS) is 13.2. The molecule has 0 fully saturated rings. The van der Waals surface area contributed by atoms with E-state index in [1.807, 2.05) is 11.8 Å². The average molecular weight is 363 g/mol. The third-order valence-corrected chi connectivity index (χ3v) is 5.60. The highest BCUT2D eigenvalue weighted by Crippen LogP contribution is 2.24. The maximum atomic E-state index is 5.71. The molecule has 0 bridgehead atoms. The van der Waals surface area contributed by atoms with Crippen LogP contribution >= 0.6 is 27.7 Å². The Balaban J connectivity index is 2.71. The first-order valence-electron chi connectivity index (χ1n) is 7.31. The number of hydrogen-bond acceptors (Lipinski definition) is 4. The van der Waals surface area contributed by atoms with Crippen LogP contribution in [0.2, 0.25) is 0 Å². The van der Waals surface area contributed by atoms with Crippen molar-refractivity contribution in [1.29, 1.82) is 0 Å². The number of rotatable bonds is 9. The Morgan fingerprint density at radius 2 is 2.05 bits per heavy atom. The summed E-state index contributed by atoms with van der Waals surface area (Å²) in [6.07, 6.45) is 1.85. The van der Waals surface area contributed by atoms with E-state index in [1.165, 1.54) is 11.4 Å². The minimum Gasteiger partial charge on any atom is -0.271 e. The average Bonchev–Trinajstić information content (AvgIpc) is 2.73. The van der Waals surface area contributed by atoms with Gasteiger partial charge in [-0.05, 0) is 40.9 Å². The van der Waals surface area contributed by atoms with E-state index >= 15 is 0 Å². The minimum atomic E-state index is 0.279. The van der Waals surface area contributed by atoms with Crippen molar-refractivity contribution < 1.29 is 0 Å². The van der Waals surface area contributed by atoms with Crippen molar-refractivity contribution in [2.75, 3.05) is 11.5 Å². The van der Waals surface area contributed by atoms with Gasteiger partial charge in [-0.2, -0.15) is 16.9 Å². The van der Waals surface area contributed by atoms with Crippen LogP contribution in [0.1, 0.15) is 39.1 Å². The number of aromatic nitrogens is 2. The molecule has 1 rings (SSSR count). The number of nitrogens with one attached hydrogen (secondary N) is 1. The third kappa shape index (κ3) is 5.06. The summed E-state index contributed by atoms with van der Waals surface area (Å²) in [6, 6.07) is 0.279. The van der Waals surface area contributed by atoms with Crippen LogP contribution in [0.5, 0.6) is 0 Å². The predicted molar refractivity (Wildman–Crippen MR) is 92.0 cm³/mol. The second kappa shape index (κ2) is 9.07. The molecule has 0 spiro atoms. The molecule has 0 radical (unpaired) electrons. The van der Waals surface area contributed by atoms with Crippen LogP contribution in [0.3, 0.4) is 0 Å². The van der Waals surface area contributed by atoms with Crippen molar-refractivity contribution in [3.8, 4) is 0 Å². The summed E-state index contributed by atoms with van der Waals surface area (Å²) in [5.41, 5.74) is 5.33. The molecular formula is C14H27BrN4S. The van der Waals surface area contributed by atoms with E-state index in [0.29, 0.717) is 0 Å². The molecule has 20 heavy (non-hydrogen) atoms. The van der Waals surface area contributed by atoms with Gasteiger partial charge in [-0.15, -0.1) is 0 Å². The minimum absolute atomic E-state index is 0.279. The van der Waals surface area contributed by atoms with Crippen molar-refractivity contribution in [2.45, 2.75) is 53.1 Å².